The molecule has 0 saturated heterocycles. The standard InChI is InChI=1S/C8H9NO3S/c1-9-13(10,11)8-5-3-7(12-2)4-6-8/h3-6H,1H2,2H3. The van der Waals surface area contributed by atoms with E-state index in [9.17, 15) is 8.42 Å². The van der Waals surface area contributed by atoms with E-state index in [0.717, 1.165) is 0 Å². The topological polar surface area (TPSA) is 55.7 Å². The van der Waals surface area contributed by atoms with Crippen molar-refractivity contribution in [1.29, 1.82) is 0 Å². The molecule has 0 amide bonds. The van der Waals surface area contributed by atoms with E-state index in [1.165, 1.54) is 19.2 Å². The molecule has 0 radical (unpaired) electrons. The van der Waals surface area contributed by atoms with Gasteiger partial charge in [0.05, 0.1) is 12.0 Å². The Balaban J connectivity index is 3.13. The lowest BCUT2D eigenvalue weighted by Gasteiger charge is -2.00. The zero-order valence-electron chi connectivity index (χ0n) is 7.10. The summed E-state index contributed by atoms with van der Waals surface area (Å²) in [5.41, 5.74) is 0. The molecule has 0 unspecified atom stereocenters. The number of ether oxygens (including phenoxy) is 1. The van der Waals surface area contributed by atoms with Crippen molar-refractivity contribution in [3.8, 4) is 5.75 Å². The van der Waals surface area contributed by atoms with Gasteiger partial charge in [-0.3, -0.25) is 0 Å². The van der Waals surface area contributed by atoms with Crippen molar-refractivity contribution < 1.29 is 13.2 Å². The lowest BCUT2D eigenvalue weighted by atomic mass is 10.3. The zero-order chi connectivity index (χ0) is 9.90. The van der Waals surface area contributed by atoms with Crippen LogP contribution in [0, 0.1) is 0 Å². The van der Waals surface area contributed by atoms with Gasteiger partial charge in [-0.05, 0) is 24.3 Å². The fourth-order valence-corrected chi connectivity index (χ4v) is 1.45. The summed E-state index contributed by atoms with van der Waals surface area (Å²) >= 11 is 0. The molecule has 0 N–H and O–H groups in total. The molecule has 1 aromatic carbocycles. The van der Waals surface area contributed by atoms with Crippen molar-refractivity contribution in [2.45, 2.75) is 4.90 Å². The minimum atomic E-state index is -3.56. The molecule has 0 atom stereocenters. The van der Waals surface area contributed by atoms with Crippen molar-refractivity contribution in [3.63, 3.8) is 0 Å². The molecule has 5 heteroatoms. The van der Waals surface area contributed by atoms with Gasteiger partial charge in [0.15, 0.2) is 0 Å². The van der Waals surface area contributed by atoms with E-state index < -0.39 is 10.0 Å². The van der Waals surface area contributed by atoms with E-state index in [0.29, 0.717) is 5.75 Å². The number of nitrogens with zero attached hydrogens (tertiary/aromatic N) is 1. The quantitative estimate of drug-likeness (QED) is 0.684. The Bertz CT molecular complexity index is 394. The number of rotatable bonds is 3. The van der Waals surface area contributed by atoms with Crippen LogP contribution in [0.15, 0.2) is 33.6 Å². The van der Waals surface area contributed by atoms with Crippen molar-refractivity contribution >= 4 is 16.7 Å². The van der Waals surface area contributed by atoms with E-state index in [-0.39, 0.29) is 4.90 Å². The predicted molar refractivity (Wildman–Crippen MR) is 49.7 cm³/mol. The minimum absolute atomic E-state index is 0.114. The van der Waals surface area contributed by atoms with Crippen molar-refractivity contribution in [1.82, 2.24) is 0 Å². The van der Waals surface area contributed by atoms with Gasteiger partial charge >= 0.3 is 0 Å². The third-order valence-corrected chi connectivity index (χ3v) is 2.74. The smallest absolute Gasteiger partial charge is 0.281 e. The molecular formula is C8H9NO3S. The van der Waals surface area contributed by atoms with Crippen molar-refractivity contribution in [3.05, 3.63) is 24.3 Å². The van der Waals surface area contributed by atoms with Crippen LogP contribution in [0.4, 0.5) is 0 Å². The molecule has 0 saturated carbocycles. The van der Waals surface area contributed by atoms with Crippen LogP contribution in [0.3, 0.4) is 0 Å². The Morgan fingerprint density at radius 3 is 2.23 bits per heavy atom. The maximum absolute atomic E-state index is 11.1. The molecule has 1 aromatic rings. The van der Waals surface area contributed by atoms with Crippen LogP contribution in [0.1, 0.15) is 0 Å². The van der Waals surface area contributed by atoms with Gasteiger partial charge in [-0.25, -0.2) is 0 Å². The Morgan fingerprint density at radius 2 is 1.85 bits per heavy atom. The van der Waals surface area contributed by atoms with Gasteiger partial charge in [0, 0.05) is 6.72 Å². The van der Waals surface area contributed by atoms with Crippen LogP contribution >= 0.6 is 0 Å². The van der Waals surface area contributed by atoms with Crippen molar-refractivity contribution in [2.24, 2.45) is 4.40 Å². The monoisotopic (exact) mass is 199 g/mol. The molecule has 4 nitrogen and oxygen atoms in total. The van der Waals surface area contributed by atoms with E-state index in [1.54, 1.807) is 12.1 Å². The summed E-state index contributed by atoms with van der Waals surface area (Å²) in [5, 5.41) is 0. The minimum Gasteiger partial charge on any atom is -0.497 e. The first-order chi connectivity index (χ1) is 6.10. The summed E-state index contributed by atoms with van der Waals surface area (Å²) in [7, 11) is -2.06. The van der Waals surface area contributed by atoms with Gasteiger partial charge in [-0.15, -0.1) is 0 Å². The highest BCUT2D eigenvalue weighted by molar-refractivity contribution is 7.90. The molecule has 13 heavy (non-hydrogen) atoms. The molecule has 0 fully saturated rings. The van der Waals surface area contributed by atoms with Gasteiger partial charge < -0.3 is 4.74 Å². The summed E-state index contributed by atoms with van der Waals surface area (Å²) in [6, 6.07) is 5.95. The largest absolute Gasteiger partial charge is 0.497 e. The van der Waals surface area contributed by atoms with Crippen LogP contribution in [0.5, 0.6) is 5.75 Å². The van der Waals surface area contributed by atoms with Gasteiger partial charge in [-0.2, -0.15) is 12.8 Å². The number of sulfonamides is 1. The molecule has 0 heterocycles. The third-order valence-electron chi connectivity index (χ3n) is 1.53. The Kier molecular flexibility index (Phi) is 2.67. The van der Waals surface area contributed by atoms with Gasteiger partial charge in [0.1, 0.15) is 5.75 Å². The van der Waals surface area contributed by atoms with E-state index in [1.807, 2.05) is 0 Å². The van der Waals surface area contributed by atoms with E-state index in [2.05, 4.69) is 11.1 Å². The fourth-order valence-electron chi connectivity index (χ4n) is 0.822. The second-order valence-corrected chi connectivity index (χ2v) is 3.96. The Hall–Kier alpha value is -1.36. The van der Waals surface area contributed by atoms with Gasteiger partial charge in [0.25, 0.3) is 10.0 Å². The second-order valence-electron chi connectivity index (χ2n) is 2.28. The molecule has 70 valence electrons. The first-order valence-corrected chi connectivity index (χ1v) is 4.91. The predicted octanol–water partition coefficient (Wildman–Crippen LogP) is 1.08. The molecule has 0 bridgehead atoms. The number of hydrogen-bond acceptors (Lipinski definition) is 3. The van der Waals surface area contributed by atoms with Gasteiger partial charge in [0.2, 0.25) is 0 Å². The van der Waals surface area contributed by atoms with Crippen LogP contribution in [0.2, 0.25) is 0 Å². The molecule has 0 aliphatic rings. The lowest BCUT2D eigenvalue weighted by Crippen LogP contribution is -1.95. The molecule has 0 aliphatic heterocycles. The normalized spacial score (nSPS) is 10.8. The number of hydrogen-bond donors (Lipinski definition) is 0. The molecule has 1 rings (SSSR count). The summed E-state index contributed by atoms with van der Waals surface area (Å²) in [5.74, 6) is 0.600. The first kappa shape index (κ1) is 9.73. The molecule has 0 aromatic heterocycles. The zero-order valence-corrected chi connectivity index (χ0v) is 7.91. The molecule has 0 aliphatic carbocycles. The summed E-state index contributed by atoms with van der Waals surface area (Å²) in [6.45, 7) is 2.98. The van der Waals surface area contributed by atoms with Crippen LogP contribution in [-0.2, 0) is 10.0 Å². The average molecular weight is 199 g/mol. The Morgan fingerprint density at radius 1 is 1.31 bits per heavy atom. The maximum atomic E-state index is 11.1. The highest BCUT2D eigenvalue weighted by atomic mass is 32.2. The Labute approximate surface area is 76.9 Å². The van der Waals surface area contributed by atoms with E-state index >= 15 is 0 Å². The van der Waals surface area contributed by atoms with Crippen LogP contribution in [-0.4, -0.2) is 22.2 Å². The first-order valence-electron chi connectivity index (χ1n) is 3.47. The average Bonchev–Trinajstić information content (AvgIpc) is 2.18. The number of methoxy groups -OCH3 is 1. The maximum Gasteiger partial charge on any atom is 0.281 e. The summed E-state index contributed by atoms with van der Waals surface area (Å²) in [4.78, 5) is 0.114. The van der Waals surface area contributed by atoms with Crippen molar-refractivity contribution in [2.75, 3.05) is 7.11 Å². The van der Waals surface area contributed by atoms with Crippen LogP contribution < -0.4 is 4.74 Å². The molecule has 0 spiro atoms. The highest BCUT2D eigenvalue weighted by Crippen LogP contribution is 2.16. The third kappa shape index (κ3) is 2.06. The highest BCUT2D eigenvalue weighted by Gasteiger charge is 2.09. The van der Waals surface area contributed by atoms with Crippen LogP contribution in [0.25, 0.3) is 0 Å². The second kappa shape index (κ2) is 3.57. The lowest BCUT2D eigenvalue weighted by molar-refractivity contribution is 0.414. The molecular weight excluding hydrogens is 190 g/mol. The van der Waals surface area contributed by atoms with E-state index in [4.69, 9.17) is 4.74 Å². The SMILES string of the molecule is C=NS(=O)(=O)c1ccc(OC)cc1. The fraction of sp³-hybridized carbons (Fsp3) is 0.125. The summed E-state index contributed by atoms with van der Waals surface area (Å²) in [6.07, 6.45) is 0. The van der Waals surface area contributed by atoms with Gasteiger partial charge in [-0.1, -0.05) is 0 Å². The summed E-state index contributed by atoms with van der Waals surface area (Å²) < 4.78 is 30.2. The number of benzene rings is 1.